The molecule has 5 heteroatoms. The molecule has 2 unspecified atom stereocenters. The number of hydrogen-bond donors (Lipinski definition) is 0. The minimum absolute atomic E-state index is 0.0908. The molecule has 0 radical (unpaired) electrons. The van der Waals surface area contributed by atoms with Crippen LogP contribution in [0, 0.1) is 0 Å². The molecule has 18 heavy (non-hydrogen) atoms. The third-order valence-corrected chi connectivity index (χ3v) is 3.11. The van der Waals surface area contributed by atoms with E-state index in [0.717, 1.165) is 12.8 Å². The highest BCUT2D eigenvalue weighted by Crippen LogP contribution is 2.22. The largest absolute Gasteiger partial charge is 0.459 e. The number of ether oxygens (including phenoxy) is 2. The Bertz CT molecular complexity index is 411. The van der Waals surface area contributed by atoms with Gasteiger partial charge in [-0.2, -0.15) is 0 Å². The molecule has 0 amide bonds. The van der Waals surface area contributed by atoms with Crippen molar-refractivity contribution in [3.63, 3.8) is 0 Å². The van der Waals surface area contributed by atoms with Gasteiger partial charge in [0.2, 0.25) is 0 Å². The second kappa shape index (κ2) is 5.67. The molecule has 2 rings (SSSR count). The number of halogens is 1. The van der Waals surface area contributed by atoms with E-state index in [1.165, 1.54) is 6.20 Å². The third-order valence-electron chi connectivity index (χ3n) is 2.89. The summed E-state index contributed by atoms with van der Waals surface area (Å²) in [7, 11) is 0. The smallest absolute Gasteiger partial charge is 0.339 e. The van der Waals surface area contributed by atoms with Crippen LogP contribution < -0.4 is 0 Å². The van der Waals surface area contributed by atoms with Gasteiger partial charge in [-0.15, -0.1) is 0 Å². The number of hydrogen-bond acceptors (Lipinski definition) is 4. The van der Waals surface area contributed by atoms with E-state index < -0.39 is 0 Å². The number of nitrogens with zero attached hydrogens (tertiary/aromatic N) is 1. The molecule has 4 nitrogen and oxygen atoms in total. The van der Waals surface area contributed by atoms with Gasteiger partial charge in [0, 0.05) is 19.0 Å². The summed E-state index contributed by atoms with van der Waals surface area (Å²) in [6, 6.07) is 3.19. The van der Waals surface area contributed by atoms with E-state index in [1.807, 2.05) is 13.8 Å². The summed E-state index contributed by atoms with van der Waals surface area (Å²) in [4.78, 5) is 15.8. The van der Waals surface area contributed by atoms with E-state index in [9.17, 15) is 4.79 Å². The number of carbonyl (C=O) groups excluding carboxylic acids is 1. The molecule has 1 aliphatic heterocycles. The Morgan fingerprint density at radius 2 is 2.06 bits per heavy atom. The second-order valence-electron chi connectivity index (χ2n) is 4.63. The van der Waals surface area contributed by atoms with Crippen LogP contribution in [0.4, 0.5) is 0 Å². The van der Waals surface area contributed by atoms with Gasteiger partial charge in [0.05, 0.1) is 17.8 Å². The van der Waals surface area contributed by atoms with E-state index in [0.29, 0.717) is 10.7 Å². The van der Waals surface area contributed by atoms with Crippen LogP contribution in [0.2, 0.25) is 5.15 Å². The van der Waals surface area contributed by atoms with E-state index in [1.54, 1.807) is 12.1 Å². The topological polar surface area (TPSA) is 48.4 Å². The first-order valence-corrected chi connectivity index (χ1v) is 6.40. The van der Waals surface area contributed by atoms with Crippen molar-refractivity contribution >= 4 is 17.6 Å². The zero-order valence-corrected chi connectivity index (χ0v) is 11.2. The van der Waals surface area contributed by atoms with Gasteiger partial charge >= 0.3 is 5.97 Å². The summed E-state index contributed by atoms with van der Waals surface area (Å²) in [5.74, 6) is -0.356. The molecule has 0 bridgehead atoms. The number of pyridine rings is 1. The molecule has 2 heterocycles. The zero-order chi connectivity index (χ0) is 13.1. The van der Waals surface area contributed by atoms with Crippen molar-refractivity contribution in [3.05, 3.63) is 29.0 Å². The Labute approximate surface area is 111 Å². The fourth-order valence-corrected chi connectivity index (χ4v) is 2.27. The highest BCUT2D eigenvalue weighted by molar-refractivity contribution is 6.29. The number of carbonyl (C=O) groups is 1. The van der Waals surface area contributed by atoms with Gasteiger partial charge in [-0.3, -0.25) is 0 Å². The summed E-state index contributed by atoms with van der Waals surface area (Å²) in [5, 5.41) is 0.361. The normalized spacial score (nSPS) is 27.8. The van der Waals surface area contributed by atoms with Crippen LogP contribution in [0.1, 0.15) is 37.0 Å². The molecule has 1 aromatic rings. The van der Waals surface area contributed by atoms with Gasteiger partial charge in [-0.1, -0.05) is 11.6 Å². The quantitative estimate of drug-likeness (QED) is 0.612. The average molecular weight is 270 g/mol. The first-order valence-electron chi connectivity index (χ1n) is 6.02. The van der Waals surface area contributed by atoms with E-state index in [-0.39, 0.29) is 24.3 Å². The van der Waals surface area contributed by atoms with Crippen molar-refractivity contribution < 1.29 is 14.3 Å². The Morgan fingerprint density at radius 3 is 2.61 bits per heavy atom. The molecule has 0 aliphatic carbocycles. The maximum atomic E-state index is 11.9. The lowest BCUT2D eigenvalue weighted by Gasteiger charge is -2.31. The predicted molar refractivity (Wildman–Crippen MR) is 67.7 cm³/mol. The summed E-state index contributed by atoms with van der Waals surface area (Å²) < 4.78 is 11.1. The van der Waals surface area contributed by atoms with E-state index >= 15 is 0 Å². The molecule has 1 aliphatic rings. The summed E-state index contributed by atoms with van der Waals surface area (Å²) in [6.45, 7) is 3.97. The predicted octanol–water partition coefficient (Wildman–Crippen LogP) is 2.85. The highest BCUT2D eigenvalue weighted by atomic mass is 35.5. The van der Waals surface area contributed by atoms with Crippen LogP contribution in [0.3, 0.4) is 0 Å². The van der Waals surface area contributed by atoms with Gasteiger partial charge < -0.3 is 9.47 Å². The van der Waals surface area contributed by atoms with Gasteiger partial charge in [0.1, 0.15) is 11.3 Å². The van der Waals surface area contributed by atoms with Crippen LogP contribution >= 0.6 is 11.6 Å². The molecular formula is C13H16ClNO3. The molecule has 0 N–H and O–H groups in total. The molecule has 2 atom stereocenters. The monoisotopic (exact) mass is 269 g/mol. The fourth-order valence-electron chi connectivity index (χ4n) is 2.16. The number of aromatic nitrogens is 1. The van der Waals surface area contributed by atoms with Crippen LogP contribution in [0.25, 0.3) is 0 Å². The summed E-state index contributed by atoms with van der Waals surface area (Å²) in [5.41, 5.74) is 0.422. The molecule has 1 saturated heterocycles. The van der Waals surface area contributed by atoms with Gasteiger partial charge in [-0.25, -0.2) is 9.78 Å². The second-order valence-corrected chi connectivity index (χ2v) is 5.01. The molecule has 1 fully saturated rings. The number of esters is 1. The molecule has 1 aromatic heterocycles. The fraction of sp³-hybridized carbons (Fsp3) is 0.538. The summed E-state index contributed by atoms with van der Waals surface area (Å²) in [6.07, 6.45) is 3.04. The van der Waals surface area contributed by atoms with Crippen molar-refractivity contribution in [2.45, 2.75) is 45.0 Å². The van der Waals surface area contributed by atoms with Crippen molar-refractivity contribution in [2.24, 2.45) is 0 Å². The average Bonchev–Trinajstić information content (AvgIpc) is 2.28. The van der Waals surface area contributed by atoms with Crippen LogP contribution in [0.5, 0.6) is 0 Å². The lowest BCUT2D eigenvalue weighted by molar-refractivity contribution is -0.0855. The highest BCUT2D eigenvalue weighted by Gasteiger charge is 2.27. The molecule has 0 aromatic carbocycles. The van der Waals surface area contributed by atoms with Crippen molar-refractivity contribution in [2.75, 3.05) is 0 Å². The minimum Gasteiger partial charge on any atom is -0.459 e. The van der Waals surface area contributed by atoms with Gasteiger partial charge in [0.15, 0.2) is 0 Å². The standard InChI is InChI=1S/C13H16ClNO3/c1-8-5-11(6-9(2)17-8)18-13(16)10-3-4-12(14)15-7-10/h3-4,7-9,11H,5-6H2,1-2H3. The Kier molecular flexibility index (Phi) is 4.19. The zero-order valence-electron chi connectivity index (χ0n) is 10.4. The Balaban J connectivity index is 1.96. The number of rotatable bonds is 2. The lowest BCUT2D eigenvalue weighted by atomic mass is 10.0. The Hall–Kier alpha value is -1.13. The van der Waals surface area contributed by atoms with Crippen LogP contribution in [-0.4, -0.2) is 29.3 Å². The first-order chi connectivity index (χ1) is 8.54. The van der Waals surface area contributed by atoms with Gasteiger partial charge in [-0.05, 0) is 26.0 Å². The maximum Gasteiger partial charge on any atom is 0.339 e. The van der Waals surface area contributed by atoms with E-state index in [2.05, 4.69) is 4.98 Å². The van der Waals surface area contributed by atoms with Crippen molar-refractivity contribution in [3.8, 4) is 0 Å². The van der Waals surface area contributed by atoms with E-state index in [4.69, 9.17) is 21.1 Å². The maximum absolute atomic E-state index is 11.9. The first kappa shape index (κ1) is 13.3. The molecule has 0 saturated carbocycles. The molecule has 98 valence electrons. The van der Waals surface area contributed by atoms with Crippen LogP contribution in [0.15, 0.2) is 18.3 Å². The minimum atomic E-state index is -0.356. The Morgan fingerprint density at radius 1 is 1.39 bits per heavy atom. The molecule has 0 spiro atoms. The van der Waals surface area contributed by atoms with Gasteiger partial charge in [0.25, 0.3) is 0 Å². The third kappa shape index (κ3) is 3.43. The van der Waals surface area contributed by atoms with Crippen LogP contribution in [-0.2, 0) is 9.47 Å². The van der Waals surface area contributed by atoms with Crippen molar-refractivity contribution in [1.82, 2.24) is 4.98 Å². The lowest BCUT2D eigenvalue weighted by Crippen LogP contribution is -2.35. The SMILES string of the molecule is CC1CC(OC(=O)c2ccc(Cl)nc2)CC(C)O1. The van der Waals surface area contributed by atoms with Crippen molar-refractivity contribution in [1.29, 1.82) is 0 Å². The summed E-state index contributed by atoms with van der Waals surface area (Å²) >= 11 is 5.67. The molecular weight excluding hydrogens is 254 g/mol.